The van der Waals surface area contributed by atoms with E-state index in [1.165, 1.54) is 192 Å². The van der Waals surface area contributed by atoms with E-state index in [0.29, 0.717) is 17.5 Å². The zero-order valence-electron chi connectivity index (χ0n) is 50.3. The molecule has 1 spiro atoms. The summed E-state index contributed by atoms with van der Waals surface area (Å²) in [5.41, 5.74) is 24.2. The Bertz CT molecular complexity index is 3850. The number of rotatable bonds is 24. The van der Waals surface area contributed by atoms with Crippen molar-refractivity contribution >= 4 is 10.9 Å². The maximum absolute atomic E-state index is 5.83. The van der Waals surface area contributed by atoms with E-state index in [0.717, 1.165) is 53.6 Å². The van der Waals surface area contributed by atoms with Crippen LogP contribution in [0, 0.1) is 0 Å². The number of unbranched alkanes of at least 4 members (excludes halogenated alkanes) is 12. The van der Waals surface area contributed by atoms with Crippen LogP contribution in [0.5, 0.6) is 0 Å². The fraction of sp³-hybridized carbons (Fsp3) is 0.325. The van der Waals surface area contributed by atoms with Gasteiger partial charge in [-0.1, -0.05) is 281 Å². The monoisotopic (exact) mass is 1100 g/mol. The molecule has 3 aliphatic carbocycles. The fourth-order valence-electron chi connectivity index (χ4n) is 15.1. The highest BCUT2D eigenvalue weighted by molar-refractivity contribution is 6.03. The van der Waals surface area contributed by atoms with Gasteiger partial charge >= 0.3 is 0 Å². The van der Waals surface area contributed by atoms with Crippen LogP contribution in [0.2, 0.25) is 0 Å². The van der Waals surface area contributed by atoms with Crippen molar-refractivity contribution in [3.63, 3.8) is 0 Å². The Balaban J connectivity index is 0.984. The molecule has 0 amide bonds. The Labute approximate surface area is 500 Å². The Kier molecular flexibility index (Phi) is 16.1. The summed E-state index contributed by atoms with van der Waals surface area (Å²) >= 11 is 0. The fourth-order valence-corrected chi connectivity index (χ4v) is 15.1. The third kappa shape index (κ3) is 9.91. The molecule has 4 heteroatoms. The van der Waals surface area contributed by atoms with Crippen LogP contribution in [-0.2, 0) is 23.7 Å². The van der Waals surface area contributed by atoms with Gasteiger partial charge in [-0.25, -0.2) is 19.9 Å². The summed E-state index contributed by atoms with van der Waals surface area (Å²) in [6.07, 6.45) is 24.4. The van der Waals surface area contributed by atoms with Crippen LogP contribution in [-0.4, -0.2) is 19.9 Å². The Morgan fingerprint density at radius 1 is 0.321 bits per heavy atom. The van der Waals surface area contributed by atoms with Crippen LogP contribution in [0.15, 0.2) is 182 Å². The van der Waals surface area contributed by atoms with E-state index < -0.39 is 5.41 Å². The second kappa shape index (κ2) is 24.4. The van der Waals surface area contributed by atoms with Crippen molar-refractivity contribution in [1.82, 2.24) is 19.9 Å². The van der Waals surface area contributed by atoms with Crippen molar-refractivity contribution in [3.8, 4) is 78.8 Å². The average Bonchev–Trinajstić information content (AvgIpc) is 1.55. The summed E-state index contributed by atoms with van der Waals surface area (Å²) < 4.78 is 0. The zero-order valence-corrected chi connectivity index (χ0v) is 50.3. The molecule has 0 atom stereocenters. The van der Waals surface area contributed by atoms with E-state index in [1.54, 1.807) is 0 Å². The summed E-state index contributed by atoms with van der Waals surface area (Å²) in [7, 11) is 0. The normalized spacial score (nSPS) is 13.7. The lowest BCUT2D eigenvalue weighted by molar-refractivity contribution is 0.403. The van der Waals surface area contributed by atoms with Gasteiger partial charge in [-0.2, -0.15) is 0 Å². The Hall–Kier alpha value is -7.82. The molecule has 10 aromatic rings. The summed E-state index contributed by atoms with van der Waals surface area (Å²) in [5.74, 6) is 2.07. The van der Waals surface area contributed by atoms with Crippen molar-refractivity contribution in [2.75, 3.05) is 0 Å². The molecule has 3 aliphatic rings. The SMILES string of the molecule is CCCCCCc1ccc(-c2nc(-c3ccc(CCCCCC)cc3)nc(-c3ccc4c(c3)C3(c5ccccc5-c5ccccc53)c3cc(-c5nc6ccccc6c6c5-c5ccccc5C6(CCCCCC)CCCCCC)ccc3-4)n2)cc1. The number of hydrogen-bond acceptors (Lipinski definition) is 4. The molecule has 0 fully saturated rings. The molecule has 422 valence electrons. The topological polar surface area (TPSA) is 51.6 Å². The van der Waals surface area contributed by atoms with Crippen LogP contribution < -0.4 is 0 Å². The lowest BCUT2D eigenvalue weighted by Crippen LogP contribution is -2.26. The first kappa shape index (κ1) is 55.4. The first-order chi connectivity index (χ1) is 41.5. The molecule has 4 nitrogen and oxygen atoms in total. The highest BCUT2D eigenvalue weighted by Gasteiger charge is 2.52. The first-order valence-electron chi connectivity index (χ1n) is 32.5. The number of aromatic nitrogens is 4. The second-order valence-corrected chi connectivity index (χ2v) is 24.7. The number of para-hydroxylation sites is 1. The molecule has 0 aliphatic heterocycles. The van der Waals surface area contributed by atoms with Gasteiger partial charge in [0.1, 0.15) is 0 Å². The standard InChI is InChI=1S/C80H82N4/c1-5-9-13-17-29-55-39-43-57(44-40-55)76-82-77(58-45-41-56(42-46-58)30-18-14-10-6-2)84-78(83-76)60-48-50-64-63-49-47-59(53-70(63)80(71(64)54-60)68-36-24-19-31-61(68)62-32-20-25-37-69(62)80)75-73-65-33-21-23-35-67(65)79(51-27-15-11-7-3,52-28-16-12-8-4)74(73)66-34-22-26-38-72(66)81-75/h19-26,31-50,53-54H,5-18,27-30,51-52H2,1-4H3. The third-order valence-electron chi connectivity index (χ3n) is 19.3. The van der Waals surface area contributed by atoms with Gasteiger partial charge in [0.15, 0.2) is 17.5 Å². The molecule has 0 saturated carbocycles. The summed E-state index contributed by atoms with van der Waals surface area (Å²) in [6.45, 7) is 9.22. The number of hydrogen-bond donors (Lipinski definition) is 0. The molecule has 13 rings (SSSR count). The highest BCUT2D eigenvalue weighted by Crippen LogP contribution is 2.64. The van der Waals surface area contributed by atoms with E-state index in [1.807, 2.05) is 0 Å². The Morgan fingerprint density at radius 3 is 1.27 bits per heavy atom. The van der Waals surface area contributed by atoms with E-state index in [9.17, 15) is 0 Å². The maximum Gasteiger partial charge on any atom is 0.164 e. The molecule has 8 aromatic carbocycles. The Morgan fingerprint density at radius 2 is 0.738 bits per heavy atom. The minimum absolute atomic E-state index is 0.0952. The maximum atomic E-state index is 5.83. The van der Waals surface area contributed by atoms with Gasteiger partial charge < -0.3 is 0 Å². The minimum atomic E-state index is -0.622. The second-order valence-electron chi connectivity index (χ2n) is 24.7. The zero-order chi connectivity index (χ0) is 57.0. The van der Waals surface area contributed by atoms with Gasteiger partial charge in [-0.05, 0) is 129 Å². The molecule has 0 bridgehead atoms. The molecule has 0 radical (unpaired) electrons. The lowest BCUT2D eigenvalue weighted by atomic mass is 9.69. The van der Waals surface area contributed by atoms with E-state index in [4.69, 9.17) is 19.9 Å². The van der Waals surface area contributed by atoms with Crippen LogP contribution in [0.3, 0.4) is 0 Å². The molecule has 2 heterocycles. The van der Waals surface area contributed by atoms with E-state index in [-0.39, 0.29) is 5.41 Å². The molecule has 84 heavy (non-hydrogen) atoms. The van der Waals surface area contributed by atoms with Crippen LogP contribution in [0.25, 0.3) is 89.7 Å². The predicted molar refractivity (Wildman–Crippen MR) is 353 cm³/mol. The van der Waals surface area contributed by atoms with E-state index >= 15 is 0 Å². The quantitative estimate of drug-likeness (QED) is 0.0566. The number of pyridine rings is 1. The smallest absolute Gasteiger partial charge is 0.164 e. The first-order valence-corrected chi connectivity index (χ1v) is 32.5. The minimum Gasteiger partial charge on any atom is -0.247 e. The van der Waals surface area contributed by atoms with Gasteiger partial charge in [-0.3, -0.25) is 0 Å². The van der Waals surface area contributed by atoms with Crippen LogP contribution in [0.4, 0.5) is 0 Å². The summed E-state index contributed by atoms with van der Waals surface area (Å²) in [6, 6.07) is 69.3. The molecule has 0 N–H and O–H groups in total. The summed E-state index contributed by atoms with van der Waals surface area (Å²) in [5, 5.41) is 1.31. The van der Waals surface area contributed by atoms with E-state index in [2.05, 4.69) is 210 Å². The largest absolute Gasteiger partial charge is 0.247 e. The van der Waals surface area contributed by atoms with Crippen molar-refractivity contribution < 1.29 is 0 Å². The van der Waals surface area contributed by atoms with Crippen molar-refractivity contribution in [1.29, 1.82) is 0 Å². The van der Waals surface area contributed by atoms with Gasteiger partial charge in [0, 0.05) is 38.6 Å². The average molecular weight is 1100 g/mol. The highest BCUT2D eigenvalue weighted by atomic mass is 15.0. The van der Waals surface area contributed by atoms with Gasteiger partial charge in [0.25, 0.3) is 0 Å². The molecular weight excluding hydrogens is 1020 g/mol. The van der Waals surface area contributed by atoms with Crippen LogP contribution in [0.1, 0.15) is 188 Å². The number of aryl methyl sites for hydroxylation is 2. The van der Waals surface area contributed by atoms with Gasteiger partial charge in [-0.15, -0.1) is 0 Å². The predicted octanol–water partition coefficient (Wildman–Crippen LogP) is 21.9. The van der Waals surface area contributed by atoms with Crippen LogP contribution >= 0.6 is 0 Å². The molecule has 0 saturated heterocycles. The third-order valence-corrected chi connectivity index (χ3v) is 19.3. The molecule has 2 aromatic heterocycles. The number of fused-ring (bicyclic) bond motifs is 15. The van der Waals surface area contributed by atoms with Crippen molar-refractivity contribution in [2.24, 2.45) is 0 Å². The number of nitrogens with zero attached hydrogens (tertiary/aromatic N) is 4. The van der Waals surface area contributed by atoms with Gasteiger partial charge in [0.2, 0.25) is 0 Å². The molecular formula is C80H82N4. The van der Waals surface area contributed by atoms with Crippen molar-refractivity contribution in [2.45, 2.75) is 167 Å². The molecule has 0 unspecified atom stereocenters. The lowest BCUT2D eigenvalue weighted by Gasteiger charge is -2.34. The summed E-state index contributed by atoms with van der Waals surface area (Å²) in [4.78, 5) is 22.0. The number of benzene rings is 8. The van der Waals surface area contributed by atoms with Gasteiger partial charge in [0.05, 0.1) is 16.6 Å². The van der Waals surface area contributed by atoms with Crippen molar-refractivity contribution in [3.05, 3.63) is 226 Å².